The lowest BCUT2D eigenvalue weighted by Gasteiger charge is -2.36. The summed E-state index contributed by atoms with van der Waals surface area (Å²) in [6.07, 6.45) is 5.59. The van der Waals surface area contributed by atoms with Crippen LogP contribution in [0.4, 0.5) is 5.69 Å². The average Bonchev–Trinajstić information content (AvgIpc) is 2.53. The molecule has 0 saturated heterocycles. The van der Waals surface area contributed by atoms with Gasteiger partial charge in [0, 0.05) is 17.5 Å². The van der Waals surface area contributed by atoms with E-state index in [-0.39, 0.29) is 12.0 Å². The molecule has 1 amide bonds. The zero-order valence-corrected chi connectivity index (χ0v) is 12.5. The molecular formula is C16H24N2O3. The second kappa shape index (κ2) is 6.80. The van der Waals surface area contributed by atoms with E-state index in [9.17, 15) is 9.90 Å². The fourth-order valence-electron chi connectivity index (χ4n) is 2.97. The van der Waals surface area contributed by atoms with E-state index >= 15 is 0 Å². The van der Waals surface area contributed by atoms with Gasteiger partial charge < -0.3 is 20.9 Å². The van der Waals surface area contributed by atoms with Gasteiger partial charge in [-0.1, -0.05) is 19.3 Å². The van der Waals surface area contributed by atoms with Crippen LogP contribution < -0.4 is 15.8 Å². The van der Waals surface area contributed by atoms with Gasteiger partial charge in [-0.15, -0.1) is 0 Å². The number of benzene rings is 1. The molecule has 0 unspecified atom stereocenters. The minimum absolute atomic E-state index is 0.0774. The topological polar surface area (TPSA) is 84.6 Å². The third-order valence-electron chi connectivity index (χ3n) is 4.39. The third kappa shape index (κ3) is 3.67. The highest BCUT2D eigenvalue weighted by molar-refractivity contribution is 5.94. The number of aliphatic hydroxyl groups is 1. The van der Waals surface area contributed by atoms with Crippen molar-refractivity contribution in [1.82, 2.24) is 0 Å². The highest BCUT2D eigenvalue weighted by atomic mass is 16.5. The van der Waals surface area contributed by atoms with Gasteiger partial charge in [0.15, 0.2) is 0 Å². The molecule has 1 aromatic rings. The molecule has 0 aliphatic heterocycles. The molecule has 0 bridgehead atoms. The number of carbonyl (C=O) groups is 1. The smallest absolute Gasteiger partial charge is 0.248 e. The number of methoxy groups -OCH3 is 1. The van der Waals surface area contributed by atoms with E-state index < -0.39 is 5.91 Å². The van der Waals surface area contributed by atoms with Crippen LogP contribution in [0, 0.1) is 5.41 Å². The van der Waals surface area contributed by atoms with Crippen LogP contribution in [0.5, 0.6) is 5.75 Å². The fourth-order valence-corrected chi connectivity index (χ4v) is 2.97. The van der Waals surface area contributed by atoms with Gasteiger partial charge in [-0.2, -0.15) is 0 Å². The van der Waals surface area contributed by atoms with Crippen molar-refractivity contribution in [2.24, 2.45) is 11.1 Å². The number of primary amides is 1. The predicted molar refractivity (Wildman–Crippen MR) is 82.6 cm³/mol. The minimum atomic E-state index is -0.463. The summed E-state index contributed by atoms with van der Waals surface area (Å²) in [7, 11) is 1.59. The van der Waals surface area contributed by atoms with Crippen molar-refractivity contribution in [3.63, 3.8) is 0 Å². The number of nitrogens with one attached hydrogen (secondary N) is 1. The monoisotopic (exact) mass is 292 g/mol. The molecule has 0 aromatic heterocycles. The van der Waals surface area contributed by atoms with E-state index in [1.54, 1.807) is 25.3 Å². The van der Waals surface area contributed by atoms with E-state index in [1.807, 2.05) is 0 Å². The molecule has 2 rings (SSSR count). The number of hydrogen-bond donors (Lipinski definition) is 3. The number of rotatable bonds is 6. The van der Waals surface area contributed by atoms with Gasteiger partial charge in [0.2, 0.25) is 5.91 Å². The summed E-state index contributed by atoms with van der Waals surface area (Å²) < 4.78 is 5.31. The van der Waals surface area contributed by atoms with E-state index in [2.05, 4.69) is 5.32 Å². The van der Waals surface area contributed by atoms with E-state index in [4.69, 9.17) is 10.5 Å². The summed E-state index contributed by atoms with van der Waals surface area (Å²) in [4.78, 5) is 11.3. The Hall–Kier alpha value is -1.75. The zero-order chi connectivity index (χ0) is 15.3. The first kappa shape index (κ1) is 15.6. The highest BCUT2D eigenvalue weighted by Gasteiger charge is 2.31. The van der Waals surface area contributed by atoms with Crippen LogP contribution in [-0.2, 0) is 0 Å². The van der Waals surface area contributed by atoms with E-state index in [1.165, 1.54) is 6.42 Å². The third-order valence-corrected chi connectivity index (χ3v) is 4.39. The normalized spacial score (nSPS) is 17.2. The molecule has 1 fully saturated rings. The molecule has 1 aromatic carbocycles. The van der Waals surface area contributed by atoms with Gasteiger partial charge >= 0.3 is 0 Å². The largest absolute Gasteiger partial charge is 0.495 e. The quantitative estimate of drug-likeness (QED) is 0.750. The first-order chi connectivity index (χ1) is 10.1. The lowest BCUT2D eigenvalue weighted by Crippen LogP contribution is -2.35. The van der Waals surface area contributed by atoms with E-state index in [0.717, 1.165) is 31.4 Å². The van der Waals surface area contributed by atoms with Crippen molar-refractivity contribution in [2.75, 3.05) is 25.6 Å². The van der Waals surface area contributed by atoms with Crippen LogP contribution >= 0.6 is 0 Å². The van der Waals surface area contributed by atoms with Gasteiger partial charge in [0.05, 0.1) is 19.4 Å². The van der Waals surface area contributed by atoms with E-state index in [0.29, 0.717) is 17.9 Å². The molecule has 0 radical (unpaired) electrons. The summed E-state index contributed by atoms with van der Waals surface area (Å²) in [5.74, 6) is 0.208. The van der Waals surface area contributed by atoms with Crippen molar-refractivity contribution in [2.45, 2.75) is 32.1 Å². The number of aliphatic hydroxyl groups excluding tert-OH is 1. The van der Waals surface area contributed by atoms with Gasteiger partial charge in [0.25, 0.3) is 0 Å². The molecule has 0 spiro atoms. The number of anilines is 1. The number of amides is 1. The molecule has 1 aliphatic carbocycles. The van der Waals surface area contributed by atoms with Crippen LogP contribution in [0.15, 0.2) is 18.2 Å². The van der Waals surface area contributed by atoms with Crippen LogP contribution in [0.25, 0.3) is 0 Å². The number of hydrogen-bond acceptors (Lipinski definition) is 4. The summed E-state index contributed by atoms with van der Waals surface area (Å²) >= 11 is 0. The number of nitrogens with two attached hydrogens (primary N) is 1. The summed E-state index contributed by atoms with van der Waals surface area (Å²) in [6, 6.07) is 5.08. The Balaban J connectivity index is 2.13. The Morgan fingerprint density at radius 3 is 2.67 bits per heavy atom. The molecule has 21 heavy (non-hydrogen) atoms. The van der Waals surface area contributed by atoms with Crippen molar-refractivity contribution in [3.05, 3.63) is 23.8 Å². The Morgan fingerprint density at radius 2 is 2.10 bits per heavy atom. The van der Waals surface area contributed by atoms with Gasteiger partial charge in [-0.25, -0.2) is 0 Å². The first-order valence-electron chi connectivity index (χ1n) is 7.43. The van der Waals surface area contributed by atoms with Gasteiger partial charge in [-0.3, -0.25) is 4.79 Å². The standard InChI is InChI=1S/C16H24N2O3/c1-21-14-6-5-12(15(17)20)9-13(14)18-10-16(11-19)7-3-2-4-8-16/h5-6,9,18-19H,2-4,7-8,10-11H2,1H3,(H2,17,20). The van der Waals surface area contributed by atoms with Crippen molar-refractivity contribution < 1.29 is 14.6 Å². The number of ether oxygens (including phenoxy) is 1. The van der Waals surface area contributed by atoms with Gasteiger partial charge in [0.1, 0.15) is 5.75 Å². The Kier molecular flexibility index (Phi) is 5.07. The Morgan fingerprint density at radius 1 is 1.38 bits per heavy atom. The minimum Gasteiger partial charge on any atom is -0.495 e. The molecule has 1 aliphatic rings. The summed E-state index contributed by atoms with van der Waals surface area (Å²) in [5, 5.41) is 13.1. The Labute approximate surface area is 125 Å². The SMILES string of the molecule is COc1ccc(C(N)=O)cc1NCC1(CO)CCCCC1. The number of carbonyl (C=O) groups excluding carboxylic acids is 1. The van der Waals surface area contributed by atoms with Crippen LogP contribution in [-0.4, -0.2) is 31.3 Å². The van der Waals surface area contributed by atoms with Crippen LogP contribution in [0.2, 0.25) is 0 Å². The first-order valence-corrected chi connectivity index (χ1v) is 7.43. The maximum atomic E-state index is 11.3. The maximum absolute atomic E-state index is 11.3. The summed E-state index contributed by atoms with van der Waals surface area (Å²) in [5.41, 5.74) is 6.43. The predicted octanol–water partition coefficient (Wildman–Crippen LogP) is 2.15. The molecule has 5 heteroatoms. The molecule has 116 valence electrons. The molecular weight excluding hydrogens is 268 g/mol. The average molecular weight is 292 g/mol. The van der Waals surface area contributed by atoms with Crippen LogP contribution in [0.3, 0.4) is 0 Å². The van der Waals surface area contributed by atoms with Crippen molar-refractivity contribution in [1.29, 1.82) is 0 Å². The molecule has 5 nitrogen and oxygen atoms in total. The van der Waals surface area contributed by atoms with Crippen molar-refractivity contribution >= 4 is 11.6 Å². The van der Waals surface area contributed by atoms with Crippen LogP contribution in [0.1, 0.15) is 42.5 Å². The molecule has 1 saturated carbocycles. The maximum Gasteiger partial charge on any atom is 0.248 e. The molecule has 0 atom stereocenters. The highest BCUT2D eigenvalue weighted by Crippen LogP contribution is 2.37. The zero-order valence-electron chi connectivity index (χ0n) is 12.5. The fraction of sp³-hybridized carbons (Fsp3) is 0.562. The second-order valence-corrected chi connectivity index (χ2v) is 5.85. The van der Waals surface area contributed by atoms with Crippen molar-refractivity contribution in [3.8, 4) is 5.75 Å². The molecule has 0 heterocycles. The lowest BCUT2D eigenvalue weighted by molar-refractivity contribution is 0.0943. The van der Waals surface area contributed by atoms with Gasteiger partial charge in [-0.05, 0) is 31.0 Å². The summed E-state index contributed by atoms with van der Waals surface area (Å²) in [6.45, 7) is 0.847. The Bertz CT molecular complexity index is 496. The lowest BCUT2D eigenvalue weighted by atomic mass is 9.74. The second-order valence-electron chi connectivity index (χ2n) is 5.85. The molecule has 4 N–H and O–H groups in total.